The average molecular weight is 521 g/mol. The minimum atomic E-state index is -3.90. The summed E-state index contributed by atoms with van der Waals surface area (Å²) in [6.07, 6.45) is 0.763. The summed E-state index contributed by atoms with van der Waals surface area (Å²) in [5, 5.41) is 4.67. The Labute approximate surface area is 202 Å². The molecule has 1 amide bonds. The highest BCUT2D eigenvalue weighted by atomic mass is 35.5. The second kappa shape index (κ2) is 8.68. The fraction of sp³-hybridized carbons (Fsp3) is 0.0455. The van der Waals surface area contributed by atoms with Gasteiger partial charge in [0.25, 0.3) is 5.91 Å². The average Bonchev–Trinajstić information content (AvgIpc) is 3.10. The number of rotatable bonds is 4. The van der Waals surface area contributed by atoms with Crippen LogP contribution in [0, 0.1) is 18.2 Å². The number of nitrogens with zero attached hydrogens (tertiary/aromatic N) is 3. The van der Waals surface area contributed by atoms with Gasteiger partial charge in [0.2, 0.25) is 15.7 Å². The Hall–Kier alpha value is -3.52. The van der Waals surface area contributed by atoms with E-state index >= 15 is 0 Å². The highest BCUT2D eigenvalue weighted by molar-refractivity contribution is 7.89. The number of nitrogens with one attached hydrogen (secondary N) is 1. The van der Waals surface area contributed by atoms with Crippen LogP contribution in [-0.2, 0) is 10.0 Å². The van der Waals surface area contributed by atoms with Crippen molar-refractivity contribution < 1.29 is 22.0 Å². The van der Waals surface area contributed by atoms with Crippen molar-refractivity contribution in [2.24, 2.45) is 0 Å². The summed E-state index contributed by atoms with van der Waals surface area (Å²) in [6.45, 7) is 7.08. The minimum Gasteiger partial charge on any atom is -0.268 e. The van der Waals surface area contributed by atoms with Crippen molar-refractivity contribution in [1.82, 2.24) is 14.5 Å². The number of hydrogen-bond acceptors (Lipinski definition) is 4. The number of hydrogen-bond donors (Lipinski definition) is 1. The summed E-state index contributed by atoms with van der Waals surface area (Å²) in [4.78, 5) is 15.2. The third-order valence-corrected chi connectivity index (χ3v) is 5.96. The molecule has 1 N–H and O–H groups in total. The van der Waals surface area contributed by atoms with Crippen LogP contribution in [0.25, 0.3) is 32.6 Å². The van der Waals surface area contributed by atoms with Gasteiger partial charge in [-0.2, -0.15) is 5.10 Å². The summed E-state index contributed by atoms with van der Waals surface area (Å²) in [5.41, 5.74) is 1.07. The monoisotopic (exact) mass is 520 g/mol. The Bertz CT molecular complexity index is 1650. The van der Waals surface area contributed by atoms with Crippen LogP contribution in [0.1, 0.15) is 10.4 Å². The smallest absolute Gasteiger partial charge is 0.267 e. The fourth-order valence-corrected chi connectivity index (χ4v) is 4.24. The summed E-state index contributed by atoms with van der Waals surface area (Å²) < 4.78 is 53.9. The lowest BCUT2D eigenvalue weighted by molar-refractivity contribution is 0.0978. The van der Waals surface area contributed by atoms with Gasteiger partial charge in [-0.05, 0) is 41.5 Å². The molecule has 0 aliphatic heterocycles. The molecule has 0 spiro atoms. The van der Waals surface area contributed by atoms with Gasteiger partial charge in [0.15, 0.2) is 5.15 Å². The maximum Gasteiger partial charge on any atom is 0.267 e. The second-order valence-corrected chi connectivity index (χ2v) is 9.71. The first-order valence-corrected chi connectivity index (χ1v) is 12.0. The summed E-state index contributed by atoms with van der Waals surface area (Å²) >= 11 is 12.6. The lowest BCUT2D eigenvalue weighted by Crippen LogP contribution is -2.30. The SMILES string of the molecule is [C-]#[N+]c1cc(-c2ccc3c(c2)c(Cl)nn3-c2cc(F)c(C(=O)NS(C)(=O)=O)cc2Cl)ccc1F. The van der Waals surface area contributed by atoms with Crippen LogP contribution in [-0.4, -0.2) is 30.4 Å². The zero-order valence-electron chi connectivity index (χ0n) is 17.1. The first-order valence-electron chi connectivity index (χ1n) is 9.35. The molecule has 0 aliphatic carbocycles. The number of amides is 1. The molecule has 4 rings (SSSR count). The Balaban J connectivity index is 1.80. The molecule has 0 fully saturated rings. The van der Waals surface area contributed by atoms with E-state index in [-0.39, 0.29) is 21.6 Å². The van der Waals surface area contributed by atoms with Crippen molar-refractivity contribution in [2.75, 3.05) is 6.26 Å². The molecule has 0 atom stereocenters. The number of halogens is 4. The molecule has 0 aliphatic rings. The van der Waals surface area contributed by atoms with Gasteiger partial charge in [-0.1, -0.05) is 35.3 Å². The minimum absolute atomic E-state index is 0.0665. The van der Waals surface area contributed by atoms with Gasteiger partial charge in [-0.3, -0.25) is 4.79 Å². The van der Waals surface area contributed by atoms with Gasteiger partial charge in [-0.25, -0.2) is 31.4 Å². The quantitative estimate of drug-likeness (QED) is 0.359. The first-order chi connectivity index (χ1) is 16.0. The summed E-state index contributed by atoms with van der Waals surface area (Å²) in [5.74, 6) is -2.81. The van der Waals surface area contributed by atoms with Gasteiger partial charge in [-0.15, -0.1) is 0 Å². The predicted octanol–water partition coefficient (Wildman–Crippen LogP) is 5.52. The third kappa shape index (κ3) is 4.46. The maximum atomic E-state index is 14.7. The molecule has 0 unspecified atom stereocenters. The molecular formula is C22H12Cl2F2N4O3S. The lowest BCUT2D eigenvalue weighted by atomic mass is 10.0. The Morgan fingerprint density at radius 1 is 1.06 bits per heavy atom. The molecular weight excluding hydrogens is 509 g/mol. The molecule has 1 heterocycles. The van der Waals surface area contributed by atoms with E-state index in [2.05, 4.69) is 9.94 Å². The molecule has 0 radical (unpaired) electrons. The largest absolute Gasteiger partial charge is 0.268 e. The molecule has 1 aromatic heterocycles. The van der Waals surface area contributed by atoms with Gasteiger partial charge in [0.1, 0.15) is 11.6 Å². The van der Waals surface area contributed by atoms with Crippen LogP contribution >= 0.6 is 23.2 Å². The van der Waals surface area contributed by atoms with Crippen LogP contribution in [0.15, 0.2) is 48.5 Å². The summed E-state index contributed by atoms with van der Waals surface area (Å²) in [6, 6.07) is 11.1. The number of carbonyl (C=O) groups excluding carboxylic acids is 1. The van der Waals surface area contributed by atoms with Crippen LogP contribution < -0.4 is 4.72 Å². The molecule has 34 heavy (non-hydrogen) atoms. The number of fused-ring (bicyclic) bond motifs is 1. The van der Waals surface area contributed by atoms with Gasteiger partial charge >= 0.3 is 0 Å². The van der Waals surface area contributed by atoms with E-state index in [1.54, 1.807) is 22.9 Å². The molecule has 7 nitrogen and oxygen atoms in total. The van der Waals surface area contributed by atoms with Crippen molar-refractivity contribution in [1.29, 1.82) is 0 Å². The lowest BCUT2D eigenvalue weighted by Gasteiger charge is -2.10. The molecule has 172 valence electrons. The fourth-order valence-electron chi connectivity index (χ4n) is 3.32. The second-order valence-electron chi connectivity index (χ2n) is 7.20. The van der Waals surface area contributed by atoms with Crippen molar-refractivity contribution in [2.45, 2.75) is 0 Å². The van der Waals surface area contributed by atoms with Gasteiger partial charge in [0.05, 0.1) is 34.6 Å². The Morgan fingerprint density at radius 3 is 2.41 bits per heavy atom. The van der Waals surface area contributed by atoms with Crippen molar-refractivity contribution >= 4 is 55.7 Å². The van der Waals surface area contributed by atoms with E-state index in [0.717, 1.165) is 18.4 Å². The molecule has 4 aromatic rings. The van der Waals surface area contributed by atoms with Crippen molar-refractivity contribution in [3.05, 3.63) is 87.3 Å². The third-order valence-electron chi connectivity index (χ3n) is 4.82. The van der Waals surface area contributed by atoms with Crippen LogP contribution in [0.4, 0.5) is 14.5 Å². The standard InChI is InChI=1S/C22H12Cl2F2N4O3S/c1-27-18-8-12(3-5-16(18)25)11-4-6-19-14(7-11)21(24)28-30(19)20-10-17(26)13(9-15(20)23)22(31)29-34(2,32)33/h3-10H,2H3,(H,29,31). The Morgan fingerprint density at radius 2 is 1.74 bits per heavy atom. The van der Waals surface area contributed by atoms with Crippen molar-refractivity contribution in [3.8, 4) is 16.8 Å². The molecule has 3 aromatic carbocycles. The van der Waals surface area contributed by atoms with E-state index in [1.165, 1.54) is 22.9 Å². The molecule has 0 saturated carbocycles. The molecule has 0 saturated heterocycles. The van der Waals surface area contributed by atoms with Crippen LogP contribution in [0.2, 0.25) is 10.2 Å². The van der Waals surface area contributed by atoms with Gasteiger partial charge < -0.3 is 0 Å². The normalized spacial score (nSPS) is 11.4. The number of sulfonamides is 1. The molecule has 12 heteroatoms. The first kappa shape index (κ1) is 23.6. The zero-order valence-corrected chi connectivity index (χ0v) is 19.4. The predicted molar refractivity (Wildman–Crippen MR) is 125 cm³/mol. The summed E-state index contributed by atoms with van der Waals surface area (Å²) in [7, 11) is -3.90. The Kier molecular flexibility index (Phi) is 6.03. The maximum absolute atomic E-state index is 14.7. The number of benzene rings is 3. The highest BCUT2D eigenvalue weighted by Gasteiger charge is 2.21. The van der Waals surface area contributed by atoms with E-state index in [0.29, 0.717) is 22.0 Å². The van der Waals surface area contributed by atoms with E-state index in [9.17, 15) is 22.0 Å². The van der Waals surface area contributed by atoms with E-state index in [4.69, 9.17) is 29.8 Å². The molecule has 0 bridgehead atoms. The van der Waals surface area contributed by atoms with Gasteiger partial charge in [0, 0.05) is 11.5 Å². The number of carbonyl (C=O) groups is 1. The van der Waals surface area contributed by atoms with E-state index < -0.39 is 33.1 Å². The zero-order chi connectivity index (χ0) is 24.8. The van der Waals surface area contributed by atoms with E-state index in [1.807, 2.05) is 0 Å². The highest BCUT2D eigenvalue weighted by Crippen LogP contribution is 2.34. The van der Waals surface area contributed by atoms with Crippen molar-refractivity contribution in [3.63, 3.8) is 0 Å². The topological polar surface area (TPSA) is 85.4 Å². The van der Waals surface area contributed by atoms with Crippen LogP contribution in [0.5, 0.6) is 0 Å². The number of aromatic nitrogens is 2. The van der Waals surface area contributed by atoms with Crippen LogP contribution in [0.3, 0.4) is 0 Å².